The third kappa shape index (κ3) is 3.10. The molecule has 0 saturated carbocycles. The monoisotopic (exact) mass is 249 g/mol. The number of carbonyl (C=O) groups is 1. The van der Waals surface area contributed by atoms with Crippen LogP contribution in [0.2, 0.25) is 0 Å². The zero-order valence-corrected chi connectivity index (χ0v) is 11.9. The van der Waals surface area contributed by atoms with Crippen molar-refractivity contribution in [2.75, 3.05) is 13.2 Å². The second kappa shape index (κ2) is 6.01. The lowest BCUT2D eigenvalue weighted by Gasteiger charge is -2.27. The van der Waals surface area contributed by atoms with Crippen molar-refractivity contribution in [1.29, 1.82) is 0 Å². The Balaban J connectivity index is 3.16. The first kappa shape index (κ1) is 14.7. The van der Waals surface area contributed by atoms with Crippen LogP contribution in [0, 0.1) is 20.8 Å². The summed E-state index contributed by atoms with van der Waals surface area (Å²) < 4.78 is 0. The summed E-state index contributed by atoms with van der Waals surface area (Å²) >= 11 is 0. The summed E-state index contributed by atoms with van der Waals surface area (Å²) in [5, 5.41) is 9.07. The van der Waals surface area contributed by atoms with Gasteiger partial charge in [-0.3, -0.25) is 4.79 Å². The summed E-state index contributed by atoms with van der Waals surface area (Å²) in [6, 6.07) is 4.14. The van der Waals surface area contributed by atoms with E-state index < -0.39 is 0 Å². The van der Waals surface area contributed by atoms with Crippen molar-refractivity contribution in [2.24, 2.45) is 0 Å². The Bertz CT molecular complexity index is 415. The smallest absolute Gasteiger partial charge is 0.254 e. The number of rotatable bonds is 4. The molecule has 0 aliphatic rings. The van der Waals surface area contributed by atoms with Gasteiger partial charge in [0.15, 0.2) is 0 Å². The van der Waals surface area contributed by atoms with E-state index in [9.17, 15) is 4.79 Å². The first-order valence-corrected chi connectivity index (χ1v) is 6.38. The fraction of sp³-hybridized carbons (Fsp3) is 0.533. The van der Waals surface area contributed by atoms with Gasteiger partial charge in [0, 0.05) is 18.2 Å². The molecule has 0 aromatic heterocycles. The van der Waals surface area contributed by atoms with Crippen LogP contribution >= 0.6 is 0 Å². The summed E-state index contributed by atoms with van der Waals surface area (Å²) in [6.45, 7) is 10.3. The molecule has 0 heterocycles. The Labute approximate surface area is 109 Å². The van der Waals surface area contributed by atoms with Crippen LogP contribution in [0.5, 0.6) is 0 Å². The largest absolute Gasteiger partial charge is 0.395 e. The highest BCUT2D eigenvalue weighted by Crippen LogP contribution is 2.19. The molecule has 0 fully saturated rings. The number of carbonyl (C=O) groups excluding carboxylic acids is 1. The second-order valence-electron chi connectivity index (χ2n) is 5.09. The van der Waals surface area contributed by atoms with E-state index >= 15 is 0 Å². The van der Waals surface area contributed by atoms with E-state index in [1.54, 1.807) is 4.90 Å². The number of nitrogens with zero attached hydrogens (tertiary/aromatic N) is 1. The molecule has 0 bridgehead atoms. The number of aryl methyl sites for hydroxylation is 3. The van der Waals surface area contributed by atoms with Gasteiger partial charge in [-0.15, -0.1) is 0 Å². The maximum absolute atomic E-state index is 12.5. The van der Waals surface area contributed by atoms with Crippen LogP contribution < -0.4 is 0 Å². The Morgan fingerprint density at radius 1 is 1.22 bits per heavy atom. The SMILES string of the molecule is Cc1cc(C)c(C(=O)N(CCO)C(C)C)c(C)c1. The minimum absolute atomic E-state index is 0.00607. The molecule has 0 spiro atoms. The molecular formula is C15H23NO2. The summed E-state index contributed by atoms with van der Waals surface area (Å²) in [5.41, 5.74) is 3.93. The predicted octanol–water partition coefficient (Wildman–Crippen LogP) is 2.45. The molecule has 1 amide bonds. The minimum Gasteiger partial charge on any atom is -0.395 e. The van der Waals surface area contributed by atoms with Crippen LogP contribution in [0.3, 0.4) is 0 Å². The molecule has 0 saturated heterocycles. The zero-order chi connectivity index (χ0) is 13.9. The average Bonchev–Trinajstić information content (AvgIpc) is 2.23. The van der Waals surface area contributed by atoms with Gasteiger partial charge >= 0.3 is 0 Å². The molecule has 18 heavy (non-hydrogen) atoms. The Kier molecular flexibility index (Phi) is 4.91. The van der Waals surface area contributed by atoms with Gasteiger partial charge in [-0.05, 0) is 45.7 Å². The fourth-order valence-corrected chi connectivity index (χ4v) is 2.36. The van der Waals surface area contributed by atoms with Gasteiger partial charge in [0.05, 0.1) is 6.61 Å². The van der Waals surface area contributed by atoms with E-state index in [1.807, 2.05) is 46.8 Å². The lowest BCUT2D eigenvalue weighted by atomic mass is 9.98. The van der Waals surface area contributed by atoms with Crippen LogP contribution in [0.1, 0.15) is 40.9 Å². The van der Waals surface area contributed by atoms with E-state index in [4.69, 9.17) is 5.11 Å². The highest BCUT2D eigenvalue weighted by molar-refractivity contribution is 5.97. The quantitative estimate of drug-likeness (QED) is 0.890. The number of hydrogen-bond donors (Lipinski definition) is 1. The minimum atomic E-state index is -0.00607. The Morgan fingerprint density at radius 2 is 1.72 bits per heavy atom. The third-order valence-electron chi connectivity index (χ3n) is 3.12. The van der Waals surface area contributed by atoms with Gasteiger partial charge in [-0.1, -0.05) is 17.7 Å². The van der Waals surface area contributed by atoms with Crippen molar-refractivity contribution < 1.29 is 9.90 Å². The van der Waals surface area contributed by atoms with E-state index in [1.165, 1.54) is 5.56 Å². The number of aliphatic hydroxyl groups is 1. The van der Waals surface area contributed by atoms with E-state index in [2.05, 4.69) is 0 Å². The Morgan fingerprint density at radius 3 is 2.11 bits per heavy atom. The van der Waals surface area contributed by atoms with Crippen LogP contribution in [0.15, 0.2) is 12.1 Å². The number of benzene rings is 1. The van der Waals surface area contributed by atoms with Crippen molar-refractivity contribution >= 4 is 5.91 Å². The van der Waals surface area contributed by atoms with Gasteiger partial charge in [-0.25, -0.2) is 0 Å². The summed E-state index contributed by atoms with van der Waals surface area (Å²) in [5.74, 6) is 0.00838. The topological polar surface area (TPSA) is 40.5 Å². The molecule has 1 aromatic carbocycles. The van der Waals surface area contributed by atoms with Gasteiger partial charge in [-0.2, -0.15) is 0 Å². The molecule has 1 aromatic rings. The van der Waals surface area contributed by atoms with Crippen molar-refractivity contribution in [1.82, 2.24) is 4.90 Å². The lowest BCUT2D eigenvalue weighted by molar-refractivity contribution is 0.0664. The second-order valence-corrected chi connectivity index (χ2v) is 5.09. The van der Waals surface area contributed by atoms with Crippen molar-refractivity contribution in [3.8, 4) is 0 Å². The normalized spacial score (nSPS) is 10.8. The molecule has 0 radical (unpaired) electrons. The van der Waals surface area contributed by atoms with Crippen molar-refractivity contribution in [2.45, 2.75) is 40.7 Å². The molecule has 0 aliphatic carbocycles. The average molecular weight is 249 g/mol. The van der Waals surface area contributed by atoms with E-state index in [-0.39, 0.29) is 18.6 Å². The molecular weight excluding hydrogens is 226 g/mol. The first-order valence-electron chi connectivity index (χ1n) is 6.38. The summed E-state index contributed by atoms with van der Waals surface area (Å²) in [7, 11) is 0. The van der Waals surface area contributed by atoms with Crippen LogP contribution in [0.25, 0.3) is 0 Å². The van der Waals surface area contributed by atoms with Crippen LogP contribution in [-0.2, 0) is 0 Å². The maximum atomic E-state index is 12.5. The summed E-state index contributed by atoms with van der Waals surface area (Å²) in [6.07, 6.45) is 0. The standard InChI is InChI=1S/C15H23NO2/c1-10(2)16(6-7-17)15(18)14-12(4)8-11(3)9-13(14)5/h8-10,17H,6-7H2,1-5H3. The molecule has 100 valence electrons. The highest BCUT2D eigenvalue weighted by atomic mass is 16.3. The molecule has 1 rings (SSSR count). The molecule has 0 unspecified atom stereocenters. The Hall–Kier alpha value is -1.35. The van der Waals surface area contributed by atoms with Gasteiger partial charge < -0.3 is 10.0 Å². The van der Waals surface area contributed by atoms with Gasteiger partial charge in [0.2, 0.25) is 0 Å². The number of hydrogen-bond acceptors (Lipinski definition) is 2. The fourth-order valence-electron chi connectivity index (χ4n) is 2.36. The molecule has 3 heteroatoms. The molecule has 3 nitrogen and oxygen atoms in total. The number of amides is 1. The zero-order valence-electron chi connectivity index (χ0n) is 11.9. The van der Waals surface area contributed by atoms with Crippen LogP contribution in [-0.4, -0.2) is 35.1 Å². The predicted molar refractivity (Wildman–Crippen MR) is 73.9 cm³/mol. The summed E-state index contributed by atoms with van der Waals surface area (Å²) in [4.78, 5) is 14.3. The van der Waals surface area contributed by atoms with E-state index in [0.29, 0.717) is 6.54 Å². The van der Waals surface area contributed by atoms with Crippen LogP contribution in [0.4, 0.5) is 0 Å². The highest BCUT2D eigenvalue weighted by Gasteiger charge is 2.21. The van der Waals surface area contributed by atoms with Gasteiger partial charge in [0.25, 0.3) is 5.91 Å². The molecule has 1 N–H and O–H groups in total. The molecule has 0 aliphatic heterocycles. The lowest BCUT2D eigenvalue weighted by Crippen LogP contribution is -2.39. The van der Waals surface area contributed by atoms with Crippen molar-refractivity contribution in [3.05, 3.63) is 34.4 Å². The third-order valence-corrected chi connectivity index (χ3v) is 3.12. The van der Waals surface area contributed by atoms with E-state index in [0.717, 1.165) is 16.7 Å². The number of aliphatic hydroxyl groups excluding tert-OH is 1. The van der Waals surface area contributed by atoms with Crippen molar-refractivity contribution in [3.63, 3.8) is 0 Å². The maximum Gasteiger partial charge on any atom is 0.254 e. The molecule has 0 atom stereocenters. The first-order chi connectivity index (χ1) is 8.38. The van der Waals surface area contributed by atoms with Gasteiger partial charge in [0.1, 0.15) is 0 Å².